The molecule has 0 aliphatic carbocycles. The van der Waals surface area contributed by atoms with E-state index in [1.165, 1.54) is 0 Å². The molecule has 0 aliphatic heterocycles. The number of ether oxygens (including phenoxy) is 1. The second-order valence-electron chi connectivity index (χ2n) is 5.57. The standard InChI is InChI=1S/C13H15F3N2O5/c1-12(2,3)23-11(20)17-9-4-7(6-19)8(13(14,15)16)5-10(9)18(21)22/h4-5,19H,6H2,1-3H3,(H,17,20). The first kappa shape index (κ1) is 18.7. The number of hydrogen-bond donors (Lipinski definition) is 2. The van der Waals surface area contributed by atoms with Gasteiger partial charge in [0.05, 0.1) is 17.1 Å². The molecule has 0 radical (unpaired) electrons. The lowest BCUT2D eigenvalue weighted by atomic mass is 10.0. The van der Waals surface area contributed by atoms with Crippen molar-refractivity contribution in [2.45, 2.75) is 39.2 Å². The molecule has 0 atom stereocenters. The summed E-state index contributed by atoms with van der Waals surface area (Å²) in [6.45, 7) is 3.64. The predicted octanol–water partition coefficient (Wildman–Crippen LogP) is 3.45. The van der Waals surface area contributed by atoms with E-state index in [-0.39, 0.29) is 6.07 Å². The molecule has 0 aliphatic rings. The number of benzene rings is 1. The minimum atomic E-state index is -4.88. The molecule has 0 saturated carbocycles. The Morgan fingerprint density at radius 1 is 1.35 bits per heavy atom. The van der Waals surface area contributed by atoms with Gasteiger partial charge in [0.1, 0.15) is 11.3 Å². The van der Waals surface area contributed by atoms with Crippen LogP contribution in [-0.4, -0.2) is 21.7 Å². The van der Waals surface area contributed by atoms with Crippen molar-refractivity contribution < 1.29 is 32.7 Å². The van der Waals surface area contributed by atoms with E-state index in [9.17, 15) is 28.1 Å². The van der Waals surface area contributed by atoms with E-state index in [0.29, 0.717) is 6.07 Å². The van der Waals surface area contributed by atoms with Gasteiger partial charge >= 0.3 is 12.3 Å². The number of carbonyl (C=O) groups excluding carboxylic acids is 1. The number of rotatable bonds is 3. The Bertz CT molecular complexity index is 623. The Kier molecular flexibility index (Phi) is 5.20. The topological polar surface area (TPSA) is 102 Å². The Hall–Kier alpha value is -2.36. The Morgan fingerprint density at radius 2 is 1.91 bits per heavy atom. The maximum atomic E-state index is 12.8. The van der Waals surface area contributed by atoms with Gasteiger partial charge in [-0.15, -0.1) is 0 Å². The lowest BCUT2D eigenvalue weighted by Gasteiger charge is -2.20. The van der Waals surface area contributed by atoms with Crippen molar-refractivity contribution in [3.05, 3.63) is 33.4 Å². The van der Waals surface area contributed by atoms with Crippen LogP contribution in [0, 0.1) is 10.1 Å². The molecular formula is C13H15F3N2O5. The van der Waals surface area contributed by atoms with Crippen LogP contribution in [0.1, 0.15) is 31.9 Å². The summed E-state index contributed by atoms with van der Waals surface area (Å²) < 4.78 is 43.4. The van der Waals surface area contributed by atoms with E-state index in [2.05, 4.69) is 0 Å². The van der Waals surface area contributed by atoms with E-state index in [0.717, 1.165) is 0 Å². The van der Waals surface area contributed by atoms with Gasteiger partial charge in [-0.2, -0.15) is 13.2 Å². The van der Waals surface area contributed by atoms with Gasteiger partial charge < -0.3 is 9.84 Å². The Labute approximate surface area is 129 Å². The van der Waals surface area contributed by atoms with Gasteiger partial charge in [-0.1, -0.05) is 0 Å². The van der Waals surface area contributed by atoms with Crippen LogP contribution in [0.4, 0.5) is 29.3 Å². The Morgan fingerprint density at radius 3 is 2.30 bits per heavy atom. The molecule has 2 N–H and O–H groups in total. The van der Waals surface area contributed by atoms with Crippen molar-refractivity contribution in [3.63, 3.8) is 0 Å². The number of aliphatic hydroxyl groups is 1. The fraction of sp³-hybridized carbons (Fsp3) is 0.462. The molecule has 1 amide bonds. The van der Waals surface area contributed by atoms with Crippen molar-refractivity contribution in [1.82, 2.24) is 0 Å². The Balaban J connectivity index is 3.32. The number of nitrogens with one attached hydrogen (secondary N) is 1. The zero-order chi connectivity index (χ0) is 18.0. The molecule has 1 aromatic rings. The van der Waals surface area contributed by atoms with Crippen LogP contribution >= 0.6 is 0 Å². The summed E-state index contributed by atoms with van der Waals surface area (Å²) in [5.41, 5.74) is -4.30. The van der Waals surface area contributed by atoms with Gasteiger partial charge in [-0.25, -0.2) is 4.79 Å². The maximum Gasteiger partial charge on any atom is 0.417 e. The lowest BCUT2D eigenvalue weighted by molar-refractivity contribution is -0.384. The number of amides is 1. The van der Waals surface area contributed by atoms with Crippen molar-refractivity contribution in [1.29, 1.82) is 0 Å². The summed E-state index contributed by atoms with van der Waals surface area (Å²) in [4.78, 5) is 21.5. The number of aliphatic hydroxyl groups excluding tert-OH is 1. The van der Waals surface area contributed by atoms with Gasteiger partial charge in [-0.05, 0) is 32.4 Å². The van der Waals surface area contributed by atoms with Crippen LogP contribution in [-0.2, 0) is 17.5 Å². The van der Waals surface area contributed by atoms with Gasteiger partial charge in [-0.3, -0.25) is 15.4 Å². The summed E-state index contributed by atoms with van der Waals surface area (Å²) in [5.74, 6) is 0. The zero-order valence-corrected chi connectivity index (χ0v) is 12.5. The average molecular weight is 336 g/mol. The van der Waals surface area contributed by atoms with Gasteiger partial charge in [0, 0.05) is 6.07 Å². The van der Waals surface area contributed by atoms with Crippen LogP contribution < -0.4 is 5.32 Å². The lowest BCUT2D eigenvalue weighted by Crippen LogP contribution is -2.27. The molecular weight excluding hydrogens is 321 g/mol. The number of anilines is 1. The molecule has 0 spiro atoms. The molecule has 0 aromatic heterocycles. The van der Waals surface area contributed by atoms with Gasteiger partial charge in [0.25, 0.3) is 5.69 Å². The second-order valence-corrected chi connectivity index (χ2v) is 5.57. The third-order valence-corrected chi connectivity index (χ3v) is 2.53. The third kappa shape index (κ3) is 5.09. The molecule has 0 unspecified atom stereocenters. The van der Waals surface area contributed by atoms with Crippen molar-refractivity contribution in [3.8, 4) is 0 Å². The first-order chi connectivity index (χ1) is 10.3. The number of halogens is 3. The molecule has 1 aromatic carbocycles. The number of carbonyl (C=O) groups is 1. The molecule has 0 fully saturated rings. The van der Waals surface area contributed by atoms with Crippen molar-refractivity contribution in [2.75, 3.05) is 5.32 Å². The zero-order valence-electron chi connectivity index (χ0n) is 12.5. The first-order valence-electron chi connectivity index (χ1n) is 6.34. The fourth-order valence-electron chi connectivity index (χ4n) is 1.69. The van der Waals surface area contributed by atoms with Crippen LogP contribution in [0.25, 0.3) is 0 Å². The van der Waals surface area contributed by atoms with Crippen LogP contribution in [0.5, 0.6) is 0 Å². The molecule has 0 bridgehead atoms. The molecule has 7 nitrogen and oxygen atoms in total. The fourth-order valence-corrected chi connectivity index (χ4v) is 1.69. The summed E-state index contributed by atoms with van der Waals surface area (Å²) >= 11 is 0. The van der Waals surface area contributed by atoms with Gasteiger partial charge in [0.2, 0.25) is 0 Å². The summed E-state index contributed by atoms with van der Waals surface area (Å²) in [6.07, 6.45) is -5.95. The summed E-state index contributed by atoms with van der Waals surface area (Å²) in [7, 11) is 0. The van der Waals surface area contributed by atoms with Gasteiger partial charge in [0.15, 0.2) is 0 Å². The average Bonchev–Trinajstić information content (AvgIpc) is 2.33. The molecule has 10 heteroatoms. The summed E-state index contributed by atoms with van der Waals surface area (Å²) in [6, 6.07) is 0.961. The highest BCUT2D eigenvalue weighted by atomic mass is 19.4. The minimum Gasteiger partial charge on any atom is -0.444 e. The second kappa shape index (κ2) is 6.41. The van der Waals surface area contributed by atoms with E-state index in [1.807, 2.05) is 5.32 Å². The number of nitro groups is 1. The SMILES string of the molecule is CC(C)(C)OC(=O)Nc1cc(CO)c(C(F)(F)F)cc1[N+](=O)[O-]. The quantitative estimate of drug-likeness (QED) is 0.650. The highest BCUT2D eigenvalue weighted by molar-refractivity contribution is 5.88. The molecule has 128 valence electrons. The van der Waals surface area contributed by atoms with Crippen LogP contribution in [0.3, 0.4) is 0 Å². The number of nitrogens with zero attached hydrogens (tertiary/aromatic N) is 1. The van der Waals surface area contributed by atoms with Crippen molar-refractivity contribution >= 4 is 17.5 Å². The highest BCUT2D eigenvalue weighted by Crippen LogP contribution is 2.38. The number of nitro benzene ring substituents is 1. The van der Waals surface area contributed by atoms with E-state index >= 15 is 0 Å². The highest BCUT2D eigenvalue weighted by Gasteiger charge is 2.36. The minimum absolute atomic E-state index is 0.262. The van der Waals surface area contributed by atoms with Crippen LogP contribution in [0.2, 0.25) is 0 Å². The molecule has 23 heavy (non-hydrogen) atoms. The predicted molar refractivity (Wildman–Crippen MR) is 73.9 cm³/mol. The third-order valence-electron chi connectivity index (χ3n) is 2.53. The van der Waals surface area contributed by atoms with Crippen LogP contribution in [0.15, 0.2) is 12.1 Å². The smallest absolute Gasteiger partial charge is 0.417 e. The number of hydrogen-bond acceptors (Lipinski definition) is 5. The normalized spacial score (nSPS) is 12.0. The monoisotopic (exact) mass is 336 g/mol. The van der Waals surface area contributed by atoms with E-state index < -0.39 is 51.9 Å². The summed E-state index contributed by atoms with van der Waals surface area (Å²) in [5, 5.41) is 22.0. The first-order valence-corrected chi connectivity index (χ1v) is 6.34. The molecule has 1 rings (SSSR count). The maximum absolute atomic E-state index is 12.8. The number of alkyl halides is 3. The largest absolute Gasteiger partial charge is 0.444 e. The van der Waals surface area contributed by atoms with E-state index in [1.54, 1.807) is 20.8 Å². The molecule has 0 saturated heterocycles. The van der Waals surface area contributed by atoms with Crippen molar-refractivity contribution in [2.24, 2.45) is 0 Å². The molecule has 0 heterocycles. The van der Waals surface area contributed by atoms with E-state index in [4.69, 9.17) is 9.84 Å².